The van der Waals surface area contributed by atoms with E-state index in [-0.39, 0.29) is 17.9 Å². The molecule has 0 aliphatic carbocycles. The Bertz CT molecular complexity index is 602. The third kappa shape index (κ3) is 3.89. The number of piperidine rings is 1. The molecule has 0 radical (unpaired) electrons. The van der Waals surface area contributed by atoms with Crippen LogP contribution in [0.1, 0.15) is 37.7 Å². The Labute approximate surface area is 143 Å². The van der Waals surface area contributed by atoms with E-state index < -0.39 is 0 Å². The molecule has 1 aromatic rings. The second kappa shape index (κ2) is 7.69. The van der Waals surface area contributed by atoms with Crippen LogP contribution in [0.3, 0.4) is 0 Å². The van der Waals surface area contributed by atoms with Crippen molar-refractivity contribution in [3.63, 3.8) is 0 Å². The zero-order valence-electron chi connectivity index (χ0n) is 14.4. The Morgan fingerprint density at radius 3 is 2.92 bits per heavy atom. The minimum Gasteiger partial charge on any atom is -0.497 e. The van der Waals surface area contributed by atoms with E-state index >= 15 is 0 Å². The molecule has 0 N–H and O–H groups in total. The molecule has 2 aliphatic heterocycles. The number of likely N-dealkylation sites (tertiary alicyclic amines) is 2. The lowest BCUT2D eigenvalue weighted by atomic mass is 10.0. The molecule has 1 aromatic carbocycles. The average molecular weight is 330 g/mol. The smallest absolute Gasteiger partial charge is 0.222 e. The second-order valence-corrected chi connectivity index (χ2v) is 6.68. The predicted molar refractivity (Wildman–Crippen MR) is 91.9 cm³/mol. The maximum absolute atomic E-state index is 12.6. The molecule has 5 nitrogen and oxygen atoms in total. The van der Waals surface area contributed by atoms with Crippen molar-refractivity contribution < 1.29 is 14.3 Å². The maximum Gasteiger partial charge on any atom is 0.222 e. The molecule has 3 rings (SSSR count). The van der Waals surface area contributed by atoms with Crippen molar-refractivity contribution in [3.8, 4) is 5.75 Å². The number of methoxy groups -OCH3 is 1. The lowest BCUT2D eigenvalue weighted by Crippen LogP contribution is -2.50. The molecule has 2 fully saturated rings. The van der Waals surface area contributed by atoms with Gasteiger partial charge in [0.25, 0.3) is 0 Å². The number of aryl methyl sites for hydroxylation is 1. The molecule has 2 aliphatic rings. The summed E-state index contributed by atoms with van der Waals surface area (Å²) in [5.74, 6) is 1.27. The van der Waals surface area contributed by atoms with Gasteiger partial charge in [-0.2, -0.15) is 0 Å². The Morgan fingerprint density at radius 1 is 1.29 bits per heavy atom. The summed E-state index contributed by atoms with van der Waals surface area (Å²) in [5, 5.41) is 0. The normalized spacial score (nSPS) is 21.2. The van der Waals surface area contributed by atoms with Crippen LogP contribution in [0.2, 0.25) is 0 Å². The van der Waals surface area contributed by atoms with E-state index in [0.717, 1.165) is 50.1 Å². The van der Waals surface area contributed by atoms with Crippen molar-refractivity contribution in [2.75, 3.05) is 26.7 Å². The van der Waals surface area contributed by atoms with E-state index in [2.05, 4.69) is 0 Å². The number of ether oxygens (including phenoxy) is 1. The van der Waals surface area contributed by atoms with Gasteiger partial charge in [-0.3, -0.25) is 9.59 Å². The van der Waals surface area contributed by atoms with Crippen LogP contribution in [0.4, 0.5) is 0 Å². The van der Waals surface area contributed by atoms with Gasteiger partial charge in [0, 0.05) is 38.5 Å². The third-order valence-electron chi connectivity index (χ3n) is 5.06. The standard InChI is InChI=1S/C19H26N2O3/c1-24-17-7-2-5-15(13-17)9-10-18(22)20-11-3-6-16(14-20)21-12-4-8-19(21)23/h2,5,7,13,16H,3-4,6,8-12,14H2,1H3/t16-/m1/s1. The van der Waals surface area contributed by atoms with E-state index in [9.17, 15) is 9.59 Å². The first-order valence-electron chi connectivity index (χ1n) is 8.87. The van der Waals surface area contributed by atoms with E-state index in [1.54, 1.807) is 7.11 Å². The molecule has 1 atom stereocenters. The highest BCUT2D eigenvalue weighted by atomic mass is 16.5. The highest BCUT2D eigenvalue weighted by Crippen LogP contribution is 2.22. The topological polar surface area (TPSA) is 49.9 Å². The van der Waals surface area contributed by atoms with Gasteiger partial charge >= 0.3 is 0 Å². The molecular formula is C19H26N2O3. The first kappa shape index (κ1) is 16.8. The summed E-state index contributed by atoms with van der Waals surface area (Å²) in [7, 11) is 1.65. The summed E-state index contributed by atoms with van der Waals surface area (Å²) in [6.45, 7) is 2.37. The summed E-state index contributed by atoms with van der Waals surface area (Å²) < 4.78 is 5.23. The lowest BCUT2D eigenvalue weighted by Gasteiger charge is -2.37. The number of rotatable bonds is 5. The van der Waals surface area contributed by atoms with Crippen LogP contribution in [-0.2, 0) is 16.0 Å². The van der Waals surface area contributed by atoms with Gasteiger partial charge in [-0.15, -0.1) is 0 Å². The zero-order chi connectivity index (χ0) is 16.9. The molecule has 130 valence electrons. The van der Waals surface area contributed by atoms with Crippen LogP contribution in [-0.4, -0.2) is 54.4 Å². The highest BCUT2D eigenvalue weighted by Gasteiger charge is 2.32. The fourth-order valence-electron chi connectivity index (χ4n) is 3.73. The first-order valence-corrected chi connectivity index (χ1v) is 8.87. The second-order valence-electron chi connectivity index (χ2n) is 6.68. The number of benzene rings is 1. The van der Waals surface area contributed by atoms with Crippen LogP contribution >= 0.6 is 0 Å². The molecular weight excluding hydrogens is 304 g/mol. The summed E-state index contributed by atoms with van der Waals surface area (Å²) >= 11 is 0. The van der Waals surface area contributed by atoms with Gasteiger partial charge in [-0.25, -0.2) is 0 Å². The number of hydrogen-bond donors (Lipinski definition) is 0. The van der Waals surface area contributed by atoms with Crippen molar-refractivity contribution in [2.24, 2.45) is 0 Å². The molecule has 0 unspecified atom stereocenters. The minimum absolute atomic E-state index is 0.189. The Morgan fingerprint density at radius 2 is 2.17 bits per heavy atom. The van der Waals surface area contributed by atoms with E-state index in [1.165, 1.54) is 0 Å². The largest absolute Gasteiger partial charge is 0.497 e. The molecule has 2 saturated heterocycles. The van der Waals surface area contributed by atoms with E-state index in [1.807, 2.05) is 34.1 Å². The zero-order valence-corrected chi connectivity index (χ0v) is 14.4. The van der Waals surface area contributed by atoms with Crippen molar-refractivity contribution in [2.45, 2.75) is 44.6 Å². The predicted octanol–water partition coefficient (Wildman–Crippen LogP) is 2.24. The minimum atomic E-state index is 0.189. The fraction of sp³-hybridized carbons (Fsp3) is 0.579. The van der Waals surface area contributed by atoms with Gasteiger partial charge in [0.1, 0.15) is 5.75 Å². The highest BCUT2D eigenvalue weighted by molar-refractivity contribution is 5.79. The summed E-state index contributed by atoms with van der Waals surface area (Å²) in [6.07, 6.45) is 4.86. The lowest BCUT2D eigenvalue weighted by molar-refractivity contribution is -0.137. The molecule has 5 heteroatoms. The van der Waals surface area contributed by atoms with Gasteiger partial charge in [-0.05, 0) is 43.4 Å². The summed E-state index contributed by atoms with van der Waals surface area (Å²) in [5.41, 5.74) is 1.12. The van der Waals surface area contributed by atoms with Crippen LogP contribution in [0.5, 0.6) is 5.75 Å². The van der Waals surface area contributed by atoms with Gasteiger partial charge < -0.3 is 14.5 Å². The fourth-order valence-corrected chi connectivity index (χ4v) is 3.73. The van der Waals surface area contributed by atoms with Crippen LogP contribution in [0.15, 0.2) is 24.3 Å². The molecule has 0 saturated carbocycles. The van der Waals surface area contributed by atoms with Gasteiger partial charge in [-0.1, -0.05) is 12.1 Å². The number of nitrogens with zero attached hydrogens (tertiary/aromatic N) is 2. The summed E-state index contributed by atoms with van der Waals surface area (Å²) in [4.78, 5) is 28.4. The number of hydrogen-bond acceptors (Lipinski definition) is 3. The van der Waals surface area contributed by atoms with Gasteiger partial charge in [0.15, 0.2) is 0 Å². The number of carbonyl (C=O) groups excluding carboxylic acids is 2. The Hall–Kier alpha value is -2.04. The average Bonchev–Trinajstić information content (AvgIpc) is 3.06. The van der Waals surface area contributed by atoms with E-state index in [0.29, 0.717) is 19.4 Å². The Balaban J connectivity index is 1.53. The molecule has 2 amide bonds. The number of amides is 2. The molecule has 2 heterocycles. The Kier molecular flexibility index (Phi) is 5.38. The quantitative estimate of drug-likeness (QED) is 0.832. The van der Waals surface area contributed by atoms with Crippen molar-refractivity contribution >= 4 is 11.8 Å². The van der Waals surface area contributed by atoms with Gasteiger partial charge in [0.2, 0.25) is 11.8 Å². The third-order valence-corrected chi connectivity index (χ3v) is 5.06. The van der Waals surface area contributed by atoms with Crippen molar-refractivity contribution in [1.82, 2.24) is 9.80 Å². The van der Waals surface area contributed by atoms with Crippen LogP contribution < -0.4 is 4.74 Å². The molecule has 0 spiro atoms. The maximum atomic E-state index is 12.6. The van der Waals surface area contributed by atoms with Crippen molar-refractivity contribution in [1.29, 1.82) is 0 Å². The molecule has 0 aromatic heterocycles. The first-order chi connectivity index (χ1) is 11.7. The van der Waals surface area contributed by atoms with Crippen LogP contribution in [0, 0.1) is 0 Å². The van der Waals surface area contributed by atoms with Gasteiger partial charge in [0.05, 0.1) is 7.11 Å². The van der Waals surface area contributed by atoms with Crippen molar-refractivity contribution in [3.05, 3.63) is 29.8 Å². The molecule has 24 heavy (non-hydrogen) atoms. The monoisotopic (exact) mass is 330 g/mol. The number of carbonyl (C=O) groups is 2. The van der Waals surface area contributed by atoms with Crippen LogP contribution in [0.25, 0.3) is 0 Å². The molecule has 0 bridgehead atoms. The summed E-state index contributed by atoms with van der Waals surface area (Å²) in [6, 6.07) is 8.09. The SMILES string of the molecule is COc1cccc(CCC(=O)N2CCC[C@@H](N3CCCC3=O)C2)c1. The van der Waals surface area contributed by atoms with E-state index in [4.69, 9.17) is 4.74 Å².